The Labute approximate surface area is 120 Å². The Hall–Kier alpha value is -1.68. The molecule has 0 amide bonds. The van der Waals surface area contributed by atoms with Crippen molar-refractivity contribution in [1.82, 2.24) is 0 Å². The molecule has 0 aliphatic heterocycles. The van der Waals surface area contributed by atoms with Gasteiger partial charge in [0.2, 0.25) is 0 Å². The average molecular weight is 319 g/mol. The van der Waals surface area contributed by atoms with Crippen molar-refractivity contribution in [2.75, 3.05) is 0 Å². The monoisotopic (exact) mass is 319 g/mol. The first-order chi connectivity index (χ1) is 8.07. The summed E-state index contributed by atoms with van der Waals surface area (Å²) in [5.41, 5.74) is 9.47. The van der Waals surface area contributed by atoms with E-state index in [1.807, 2.05) is 0 Å². The smallest absolute Gasteiger partial charge is 0.550 e. The second kappa shape index (κ2) is 11.4. The molecule has 0 aromatic heterocycles. The van der Waals surface area contributed by atoms with E-state index in [4.69, 9.17) is 11.5 Å². The van der Waals surface area contributed by atoms with Crippen molar-refractivity contribution >= 4 is 23.9 Å². The van der Waals surface area contributed by atoms with Crippen LogP contribution in [0.5, 0.6) is 0 Å². The van der Waals surface area contributed by atoms with Crippen LogP contribution in [0.25, 0.3) is 0 Å². The molecule has 2 atom stereocenters. The van der Waals surface area contributed by atoms with E-state index in [0.29, 0.717) is 0 Å². The summed E-state index contributed by atoms with van der Waals surface area (Å²) in [6.07, 6.45) is -1.41. The molecule has 0 aromatic rings. The SMILES string of the molecule is N[C@@H](CC(=O)[O-])C(=O)[O-].N[C@@H](CC(=O)[O-])C(=O)[O-].[H+].[H+].[Mn+2]. The minimum Gasteiger partial charge on any atom is -0.550 e. The van der Waals surface area contributed by atoms with Gasteiger partial charge in [0, 0.05) is 36.9 Å². The van der Waals surface area contributed by atoms with Gasteiger partial charge in [-0.15, -0.1) is 0 Å². The molecule has 109 valence electrons. The normalized spacial score (nSPS) is 11.9. The standard InChI is InChI=1S/2C4H7NO4.Mn/c2*5-2(4(8)9)1-3(6)7;/h2*2H,1,5H2,(H,6,7)(H,8,9);/q;;+2/p-2/t2*2-;/m00./s1. The zero-order valence-corrected chi connectivity index (χ0v) is 10.5. The summed E-state index contributed by atoms with van der Waals surface area (Å²) < 4.78 is 0. The first-order valence-corrected chi connectivity index (χ1v) is 4.40. The fourth-order valence-electron chi connectivity index (χ4n) is 0.526. The van der Waals surface area contributed by atoms with Crippen LogP contribution in [0.2, 0.25) is 0 Å². The maximum Gasteiger partial charge on any atom is 2.00 e. The molecule has 0 saturated carbocycles. The second-order valence-electron chi connectivity index (χ2n) is 3.00. The molecular weight excluding hydrogens is 307 g/mol. The molecule has 0 aliphatic rings. The molecule has 0 bridgehead atoms. The van der Waals surface area contributed by atoms with Crippen LogP contribution in [0.3, 0.4) is 0 Å². The molecule has 0 aliphatic carbocycles. The zero-order valence-electron chi connectivity index (χ0n) is 11.4. The fraction of sp³-hybridized carbons (Fsp3) is 0.500. The van der Waals surface area contributed by atoms with Gasteiger partial charge in [0.05, 0.1) is 11.9 Å². The van der Waals surface area contributed by atoms with E-state index in [1.165, 1.54) is 0 Å². The first-order valence-electron chi connectivity index (χ1n) is 4.40. The van der Waals surface area contributed by atoms with E-state index in [-0.39, 0.29) is 19.9 Å². The van der Waals surface area contributed by atoms with Crippen LogP contribution in [-0.2, 0) is 36.2 Å². The Morgan fingerprint density at radius 1 is 0.789 bits per heavy atom. The zero-order chi connectivity index (χ0) is 14.9. The maximum absolute atomic E-state index is 9.71. The first kappa shape index (κ1) is 22.5. The Morgan fingerprint density at radius 3 is 1.05 bits per heavy atom. The number of hydrogen-bond donors (Lipinski definition) is 2. The van der Waals surface area contributed by atoms with Crippen LogP contribution in [0.4, 0.5) is 0 Å². The number of carboxylic acids is 4. The van der Waals surface area contributed by atoms with Gasteiger partial charge in [-0.1, -0.05) is 0 Å². The Balaban J connectivity index is -0.0000000711. The third-order valence-corrected chi connectivity index (χ3v) is 1.38. The summed E-state index contributed by atoms with van der Waals surface area (Å²) >= 11 is 0. The number of carbonyl (C=O) groups excluding carboxylic acids is 4. The van der Waals surface area contributed by atoms with E-state index >= 15 is 0 Å². The summed E-state index contributed by atoms with van der Waals surface area (Å²) in [5, 5.41) is 38.7. The van der Waals surface area contributed by atoms with Crippen LogP contribution in [0.1, 0.15) is 15.7 Å². The largest absolute Gasteiger partial charge is 2.00 e. The van der Waals surface area contributed by atoms with E-state index in [9.17, 15) is 39.6 Å². The molecule has 0 rings (SSSR count). The maximum atomic E-state index is 9.71. The molecule has 0 heterocycles. The summed E-state index contributed by atoms with van der Waals surface area (Å²) in [6, 6.07) is -2.93. The van der Waals surface area contributed by atoms with E-state index in [1.54, 1.807) is 0 Å². The number of carboxylic acid groups (broad SMARTS) is 4. The molecule has 10 nitrogen and oxygen atoms in total. The third-order valence-electron chi connectivity index (χ3n) is 1.38. The molecule has 0 aromatic carbocycles. The molecule has 19 heavy (non-hydrogen) atoms. The van der Waals surface area contributed by atoms with Crippen LogP contribution in [0.15, 0.2) is 0 Å². The molecule has 0 unspecified atom stereocenters. The number of nitrogens with two attached hydrogens (primary N) is 2. The van der Waals surface area contributed by atoms with Gasteiger partial charge in [-0.3, -0.25) is 0 Å². The molecule has 0 fully saturated rings. The van der Waals surface area contributed by atoms with Crippen LogP contribution >= 0.6 is 0 Å². The predicted octanol–water partition coefficient (Wildman–Crippen LogP) is -7.37. The third kappa shape index (κ3) is 16.3. The molecule has 0 saturated heterocycles. The van der Waals surface area contributed by atoms with Crippen molar-refractivity contribution < 1.29 is 59.5 Å². The van der Waals surface area contributed by atoms with Crippen molar-refractivity contribution in [3.05, 3.63) is 0 Å². The minimum atomic E-state index is -1.58. The van der Waals surface area contributed by atoms with Crippen molar-refractivity contribution in [3.8, 4) is 0 Å². The quantitative estimate of drug-likeness (QED) is 0.441. The van der Waals surface area contributed by atoms with Gasteiger partial charge in [0.1, 0.15) is 0 Å². The van der Waals surface area contributed by atoms with Gasteiger partial charge in [0.15, 0.2) is 0 Å². The van der Waals surface area contributed by atoms with Gasteiger partial charge in [0.25, 0.3) is 0 Å². The van der Waals surface area contributed by atoms with Crippen molar-refractivity contribution in [2.45, 2.75) is 24.9 Å². The average Bonchev–Trinajstić information content (AvgIpc) is 2.16. The topological polar surface area (TPSA) is 213 Å². The van der Waals surface area contributed by atoms with E-state index in [2.05, 4.69) is 0 Å². The summed E-state index contributed by atoms with van der Waals surface area (Å²) in [5.74, 6) is -6.16. The van der Waals surface area contributed by atoms with Crippen molar-refractivity contribution in [3.63, 3.8) is 0 Å². The molecule has 4 N–H and O–H groups in total. The van der Waals surface area contributed by atoms with Crippen molar-refractivity contribution in [2.24, 2.45) is 11.5 Å². The summed E-state index contributed by atoms with van der Waals surface area (Å²) in [7, 11) is 0. The molecule has 1 radical (unpaired) electrons. The predicted molar refractivity (Wildman–Crippen MR) is 47.4 cm³/mol. The number of hydrogen-bond acceptors (Lipinski definition) is 10. The number of carbonyl (C=O) groups is 4. The Bertz CT molecular complexity index is 312. The Kier molecular flexibility index (Phi) is 13.5. The summed E-state index contributed by atoms with van der Waals surface area (Å²) in [6.45, 7) is 0. The van der Waals surface area contributed by atoms with Gasteiger partial charge in [-0.2, -0.15) is 0 Å². The van der Waals surface area contributed by atoms with Crippen LogP contribution in [-0.4, -0.2) is 36.0 Å². The van der Waals surface area contributed by atoms with Gasteiger partial charge in [-0.05, 0) is 0 Å². The molecule has 11 heteroatoms. The summed E-state index contributed by atoms with van der Waals surface area (Å²) in [4.78, 5) is 38.7. The second-order valence-corrected chi connectivity index (χ2v) is 3.00. The Morgan fingerprint density at radius 2 is 1.00 bits per heavy atom. The molecular formula is C8H12MnN2O8. The van der Waals surface area contributed by atoms with Gasteiger partial charge < -0.3 is 51.1 Å². The number of rotatable bonds is 6. The molecule has 0 spiro atoms. The van der Waals surface area contributed by atoms with Crippen LogP contribution in [0, 0.1) is 0 Å². The van der Waals surface area contributed by atoms with E-state index in [0.717, 1.165) is 0 Å². The minimum absolute atomic E-state index is 0. The van der Waals surface area contributed by atoms with Gasteiger partial charge in [-0.25, -0.2) is 0 Å². The fourth-order valence-corrected chi connectivity index (χ4v) is 0.526. The van der Waals surface area contributed by atoms with Gasteiger partial charge >= 0.3 is 19.9 Å². The van der Waals surface area contributed by atoms with E-state index < -0.39 is 48.8 Å². The number of aliphatic carboxylic acids is 4. The van der Waals surface area contributed by atoms with Crippen LogP contribution < -0.4 is 31.9 Å². The van der Waals surface area contributed by atoms with Crippen molar-refractivity contribution in [1.29, 1.82) is 0 Å².